The van der Waals surface area contributed by atoms with Gasteiger partial charge in [0.25, 0.3) is 0 Å². The number of nitrogens with zero attached hydrogens (tertiary/aromatic N) is 4. The second kappa shape index (κ2) is 17.6. The van der Waals surface area contributed by atoms with E-state index in [-0.39, 0.29) is 11.8 Å². The van der Waals surface area contributed by atoms with Crippen molar-refractivity contribution in [3.8, 4) is 57.4 Å². The topological polar surface area (TPSA) is 169 Å². The third kappa shape index (κ3) is 9.43. The Morgan fingerprint density at radius 3 is 1.30 bits per heavy atom. The summed E-state index contributed by atoms with van der Waals surface area (Å²) in [6.45, 7) is 10.9. The van der Waals surface area contributed by atoms with Gasteiger partial charge in [0.1, 0.15) is 46.0 Å². The number of carbonyl (C=O) groups excluding carboxylic acids is 2. The Labute approximate surface area is 331 Å². The van der Waals surface area contributed by atoms with Crippen molar-refractivity contribution in [3.63, 3.8) is 0 Å². The molecule has 0 aliphatic rings. The number of anilines is 2. The van der Waals surface area contributed by atoms with Crippen LogP contribution in [0.3, 0.4) is 0 Å². The highest BCUT2D eigenvalue weighted by Crippen LogP contribution is 2.31. The van der Waals surface area contributed by atoms with Crippen LogP contribution in [0.1, 0.15) is 59.3 Å². The van der Waals surface area contributed by atoms with E-state index in [0.29, 0.717) is 57.4 Å². The Balaban J connectivity index is 1.19. The van der Waals surface area contributed by atoms with E-state index in [2.05, 4.69) is 65.2 Å². The van der Waals surface area contributed by atoms with E-state index in [1.165, 1.54) is 0 Å². The molecule has 0 bridgehead atoms. The molecule has 6 aromatic rings. The number of rotatable bonds is 10. The Kier molecular flexibility index (Phi) is 12.2. The molecule has 2 atom stereocenters. The molecule has 13 heteroatoms. The van der Waals surface area contributed by atoms with Crippen LogP contribution >= 0.6 is 0 Å². The third-order valence-corrected chi connectivity index (χ3v) is 9.15. The number of benzene rings is 2. The van der Waals surface area contributed by atoms with Gasteiger partial charge in [0.15, 0.2) is 0 Å². The van der Waals surface area contributed by atoms with Crippen molar-refractivity contribution < 1.29 is 23.4 Å². The average Bonchev–Trinajstić information content (AvgIpc) is 3.74. The summed E-state index contributed by atoms with van der Waals surface area (Å²) in [5.74, 6) is 15.6. The molecule has 4 heterocycles. The van der Waals surface area contributed by atoms with Crippen molar-refractivity contribution in [2.24, 2.45) is 0 Å². The smallest absolute Gasteiger partial charge is 0.242 e. The summed E-state index contributed by atoms with van der Waals surface area (Å²) in [5, 5.41) is 19.7. The van der Waals surface area contributed by atoms with Crippen molar-refractivity contribution in [2.45, 2.75) is 53.6 Å². The van der Waals surface area contributed by atoms with Crippen LogP contribution in [0.2, 0.25) is 0 Å². The predicted octanol–water partition coefficient (Wildman–Crippen LogP) is 6.70. The molecule has 288 valence electrons. The Morgan fingerprint density at radius 2 is 0.965 bits per heavy atom. The molecular weight excluding hydrogens is 721 g/mol. The van der Waals surface area contributed by atoms with Gasteiger partial charge in [-0.15, -0.1) is 0 Å². The van der Waals surface area contributed by atoms with E-state index in [4.69, 9.17) is 13.8 Å². The fourth-order valence-corrected chi connectivity index (χ4v) is 5.73. The molecule has 0 saturated heterocycles. The van der Waals surface area contributed by atoms with Gasteiger partial charge in [-0.3, -0.25) is 9.59 Å². The van der Waals surface area contributed by atoms with Crippen LogP contribution in [0.4, 0.5) is 11.6 Å². The minimum absolute atomic E-state index is 0.211. The summed E-state index contributed by atoms with van der Waals surface area (Å²) in [4.78, 5) is 34.4. The highest BCUT2D eigenvalue weighted by Gasteiger charge is 2.19. The molecule has 0 radical (unpaired) electrons. The summed E-state index contributed by atoms with van der Waals surface area (Å²) in [7, 11) is 3.43. The number of likely N-dealkylation sites (N-methyl/N-ethyl adjacent to an activating group) is 2. The molecule has 57 heavy (non-hydrogen) atoms. The first-order valence-corrected chi connectivity index (χ1v) is 18.2. The van der Waals surface area contributed by atoms with E-state index in [1.54, 1.807) is 40.1 Å². The van der Waals surface area contributed by atoms with Gasteiger partial charge >= 0.3 is 0 Å². The normalized spacial score (nSPS) is 11.7. The second-order valence-corrected chi connectivity index (χ2v) is 13.2. The summed E-state index contributed by atoms with van der Waals surface area (Å²) >= 11 is 0. The first-order chi connectivity index (χ1) is 27.4. The molecule has 2 amide bonds. The fraction of sp³-hybridized carbons (Fsp3) is 0.227. The largest absolute Gasteiger partial charge is 0.457 e. The number of aromatic nitrogens is 4. The van der Waals surface area contributed by atoms with Gasteiger partial charge in [-0.05, 0) is 140 Å². The molecule has 2 aromatic carbocycles. The van der Waals surface area contributed by atoms with Crippen LogP contribution < -0.4 is 26.0 Å². The summed E-state index contributed by atoms with van der Waals surface area (Å²) < 4.78 is 16.9. The van der Waals surface area contributed by atoms with Crippen LogP contribution in [0.15, 0.2) is 81.8 Å². The number of aryl methyl sites for hydroxylation is 4. The van der Waals surface area contributed by atoms with Gasteiger partial charge in [0, 0.05) is 22.3 Å². The van der Waals surface area contributed by atoms with Gasteiger partial charge in [-0.2, -0.15) is 0 Å². The van der Waals surface area contributed by atoms with Gasteiger partial charge in [-0.1, -0.05) is 22.2 Å². The molecule has 0 aliphatic heterocycles. The van der Waals surface area contributed by atoms with Crippen molar-refractivity contribution in [1.29, 1.82) is 0 Å². The van der Waals surface area contributed by atoms with Crippen LogP contribution in [0.25, 0.3) is 22.3 Å². The van der Waals surface area contributed by atoms with E-state index in [9.17, 15) is 9.59 Å². The number of nitrogens with one attached hydrogen (secondary N) is 4. The molecule has 4 N–H and O–H groups in total. The first-order valence-electron chi connectivity index (χ1n) is 18.2. The van der Waals surface area contributed by atoms with Crippen molar-refractivity contribution in [3.05, 3.63) is 118 Å². The van der Waals surface area contributed by atoms with Gasteiger partial charge < -0.3 is 35.1 Å². The van der Waals surface area contributed by atoms with E-state index < -0.39 is 12.1 Å². The van der Waals surface area contributed by atoms with Crippen molar-refractivity contribution >= 4 is 23.5 Å². The van der Waals surface area contributed by atoms with Gasteiger partial charge in [-0.25, -0.2) is 9.97 Å². The zero-order valence-electron chi connectivity index (χ0n) is 32.9. The standard InChI is InChI=1S/C44H42N8O5/c1-25-41(29(5)56-51-25)35-19-23-39(49-43(53)27(3)45-7)47-37(35)21-13-31-9-15-33(16-10-31)55-34-17-11-32(12-18-34)14-22-38-36(42-26(2)52-57-30(42)6)20-24-40(48-38)50-44(54)28(4)46-8/h9-12,15-20,23-24,27-28,45-46H,1-8H3,(H,47,49,53)(H,48,50,54)/t27-,28-/m0/s1. The fourth-order valence-electron chi connectivity index (χ4n) is 5.73. The number of pyridine rings is 2. The minimum Gasteiger partial charge on any atom is -0.457 e. The maximum atomic E-state index is 12.5. The predicted molar refractivity (Wildman–Crippen MR) is 218 cm³/mol. The monoisotopic (exact) mass is 762 g/mol. The minimum atomic E-state index is -0.397. The van der Waals surface area contributed by atoms with E-state index in [1.807, 2.05) is 88.4 Å². The molecule has 0 aliphatic carbocycles. The summed E-state index contributed by atoms with van der Waals surface area (Å²) in [6, 6.07) is 21.2. The molecule has 0 saturated carbocycles. The lowest BCUT2D eigenvalue weighted by atomic mass is 10.0. The Bertz CT molecular complexity index is 2340. The zero-order chi connectivity index (χ0) is 40.6. The first kappa shape index (κ1) is 39.6. The van der Waals surface area contributed by atoms with Crippen LogP contribution in [-0.2, 0) is 9.59 Å². The number of hydrogen-bond acceptors (Lipinski definition) is 11. The summed E-state index contributed by atoms with van der Waals surface area (Å²) in [5.41, 5.74) is 6.96. The van der Waals surface area contributed by atoms with Gasteiger partial charge in [0.05, 0.1) is 34.6 Å². The molecule has 4 aromatic heterocycles. The number of ether oxygens (including phenoxy) is 1. The van der Waals surface area contributed by atoms with E-state index >= 15 is 0 Å². The SMILES string of the molecule is CN[C@@H](C)C(=O)Nc1ccc(-c2c(C)noc2C)c(C#Cc2ccc(Oc3ccc(C#Cc4nc(NC(=O)[C@H](C)NC)ccc4-c4c(C)noc4C)cc3)cc2)n1. The molecule has 13 nitrogen and oxygen atoms in total. The molecular formula is C44H42N8O5. The van der Waals surface area contributed by atoms with E-state index in [0.717, 1.165) is 33.4 Å². The Morgan fingerprint density at radius 1 is 0.579 bits per heavy atom. The lowest BCUT2D eigenvalue weighted by Gasteiger charge is -2.12. The second-order valence-electron chi connectivity index (χ2n) is 13.2. The van der Waals surface area contributed by atoms with Crippen LogP contribution in [-0.4, -0.2) is 58.3 Å². The van der Waals surface area contributed by atoms with Crippen LogP contribution in [0.5, 0.6) is 11.5 Å². The molecule has 0 unspecified atom stereocenters. The number of hydrogen-bond donors (Lipinski definition) is 4. The molecule has 0 spiro atoms. The zero-order valence-corrected chi connectivity index (χ0v) is 32.9. The highest BCUT2D eigenvalue weighted by molar-refractivity contribution is 5.94. The van der Waals surface area contributed by atoms with Gasteiger partial charge in [0.2, 0.25) is 11.8 Å². The average molecular weight is 763 g/mol. The van der Waals surface area contributed by atoms with Crippen molar-refractivity contribution in [1.82, 2.24) is 30.9 Å². The highest BCUT2D eigenvalue weighted by atomic mass is 16.5. The van der Waals surface area contributed by atoms with Crippen molar-refractivity contribution in [2.75, 3.05) is 24.7 Å². The third-order valence-electron chi connectivity index (χ3n) is 9.15. The lowest BCUT2D eigenvalue weighted by Crippen LogP contribution is -2.35. The number of amides is 2. The maximum absolute atomic E-state index is 12.5. The Hall–Kier alpha value is -7.06. The quantitative estimate of drug-likeness (QED) is 0.110. The number of carbonyl (C=O) groups is 2. The lowest BCUT2D eigenvalue weighted by molar-refractivity contribution is -0.118. The van der Waals surface area contributed by atoms with Crippen LogP contribution in [0, 0.1) is 51.4 Å². The summed E-state index contributed by atoms with van der Waals surface area (Å²) in [6.07, 6.45) is 0. The molecule has 6 rings (SSSR count). The molecule has 0 fully saturated rings. The maximum Gasteiger partial charge on any atom is 0.242 e.